The van der Waals surface area contributed by atoms with Crippen LogP contribution in [-0.2, 0) is 16.2 Å². The first-order valence-electron chi connectivity index (χ1n) is 13.2. The molecule has 4 aromatic carbocycles. The van der Waals surface area contributed by atoms with Gasteiger partial charge in [-0.15, -0.1) is 0 Å². The average Bonchev–Trinajstić information content (AvgIpc) is 2.96. The minimum atomic E-state index is -0.298. The van der Waals surface area contributed by atoms with E-state index in [9.17, 15) is 0 Å². The van der Waals surface area contributed by atoms with E-state index in [4.69, 9.17) is 0 Å². The second-order valence-electron chi connectivity index (χ2n) is 11.1. The highest BCUT2D eigenvalue weighted by Crippen LogP contribution is 2.79. The minimum absolute atomic E-state index is 0.144. The zero-order chi connectivity index (χ0) is 25.3. The van der Waals surface area contributed by atoms with E-state index < -0.39 is 0 Å². The molecule has 0 saturated heterocycles. The Balaban J connectivity index is 1.72. The summed E-state index contributed by atoms with van der Waals surface area (Å²) in [6, 6.07) is 45.7. The molecule has 8 rings (SSSR count). The zero-order valence-electron chi connectivity index (χ0n) is 20.5. The molecular formula is C34H29Br3. The summed E-state index contributed by atoms with van der Waals surface area (Å²) < 4.78 is 0. The number of rotatable bonds is 4. The summed E-state index contributed by atoms with van der Waals surface area (Å²) in [7, 11) is 0. The van der Waals surface area contributed by atoms with Crippen LogP contribution in [-0.4, -0.2) is 14.5 Å². The van der Waals surface area contributed by atoms with Gasteiger partial charge in [-0.3, -0.25) is 0 Å². The molecule has 0 amide bonds. The maximum Gasteiger partial charge on any atom is 0.0417 e. The molecule has 0 radical (unpaired) electrons. The lowest BCUT2D eigenvalue weighted by Crippen LogP contribution is -2.81. The van der Waals surface area contributed by atoms with Gasteiger partial charge in [-0.05, 0) is 46.9 Å². The number of hydrogen-bond acceptors (Lipinski definition) is 0. The van der Waals surface area contributed by atoms with Gasteiger partial charge >= 0.3 is 0 Å². The Labute approximate surface area is 245 Å². The van der Waals surface area contributed by atoms with Crippen molar-refractivity contribution in [1.29, 1.82) is 0 Å². The first-order chi connectivity index (χ1) is 18.1. The van der Waals surface area contributed by atoms with Gasteiger partial charge in [0.05, 0.1) is 0 Å². The van der Waals surface area contributed by atoms with Gasteiger partial charge in [-0.2, -0.15) is 0 Å². The van der Waals surface area contributed by atoms with Crippen LogP contribution in [0, 0.1) is 11.8 Å². The van der Waals surface area contributed by atoms with Crippen molar-refractivity contribution in [2.45, 2.75) is 43.6 Å². The first-order valence-corrected chi connectivity index (χ1v) is 16.0. The lowest BCUT2D eigenvalue weighted by molar-refractivity contribution is -0.0690. The van der Waals surface area contributed by atoms with E-state index in [1.165, 1.54) is 22.3 Å². The van der Waals surface area contributed by atoms with E-state index in [-0.39, 0.29) is 16.2 Å². The monoisotopic (exact) mass is 674 g/mol. The molecule has 4 aromatic rings. The summed E-state index contributed by atoms with van der Waals surface area (Å²) in [6.07, 6.45) is 2.21. The van der Waals surface area contributed by atoms with Crippen LogP contribution in [0.5, 0.6) is 0 Å². The van der Waals surface area contributed by atoms with E-state index in [2.05, 4.69) is 169 Å². The lowest BCUT2D eigenvalue weighted by atomic mass is 9.28. The zero-order valence-corrected chi connectivity index (χ0v) is 25.2. The Hall–Kier alpha value is -1.68. The fourth-order valence-electron chi connectivity index (χ4n) is 8.92. The third-order valence-corrected chi connectivity index (χ3v) is 14.2. The normalized spacial score (nSPS) is 35.4. The van der Waals surface area contributed by atoms with E-state index in [0.29, 0.717) is 26.3 Å². The average molecular weight is 677 g/mol. The van der Waals surface area contributed by atoms with Crippen molar-refractivity contribution in [3.05, 3.63) is 144 Å². The Kier molecular flexibility index (Phi) is 5.88. The van der Waals surface area contributed by atoms with Crippen LogP contribution >= 0.6 is 47.8 Å². The van der Waals surface area contributed by atoms with Gasteiger partial charge in [0.25, 0.3) is 0 Å². The molecule has 4 bridgehead atoms. The molecule has 37 heavy (non-hydrogen) atoms. The molecule has 0 nitrogen and oxygen atoms in total. The summed E-state index contributed by atoms with van der Waals surface area (Å²) in [5.74, 6) is 1.02. The quantitative estimate of drug-likeness (QED) is 0.189. The van der Waals surface area contributed by atoms with Crippen molar-refractivity contribution < 1.29 is 0 Å². The molecular weight excluding hydrogens is 648 g/mol. The molecule has 4 fully saturated rings. The molecule has 4 saturated carbocycles. The molecule has 0 aliphatic heterocycles. The Bertz CT molecular complexity index is 1280. The smallest absolute Gasteiger partial charge is 0.0417 e. The van der Waals surface area contributed by atoms with Crippen LogP contribution in [0.4, 0.5) is 0 Å². The second-order valence-corrected chi connectivity index (χ2v) is 14.2. The molecule has 4 aliphatic carbocycles. The van der Waals surface area contributed by atoms with Crippen molar-refractivity contribution in [3.63, 3.8) is 0 Å². The van der Waals surface area contributed by atoms with Crippen LogP contribution in [0.2, 0.25) is 0 Å². The maximum absolute atomic E-state index is 4.46. The molecule has 4 aliphatic rings. The lowest BCUT2D eigenvalue weighted by Gasteiger charge is -2.78. The van der Waals surface area contributed by atoms with Crippen LogP contribution in [0.25, 0.3) is 0 Å². The van der Waals surface area contributed by atoms with Gasteiger partial charge in [0.2, 0.25) is 0 Å². The molecule has 186 valence electrons. The molecule has 0 N–H and O–H groups in total. The van der Waals surface area contributed by atoms with E-state index in [1.807, 2.05) is 0 Å². The number of benzene rings is 4. The van der Waals surface area contributed by atoms with Gasteiger partial charge in [0.1, 0.15) is 0 Å². The molecule has 0 heterocycles. The van der Waals surface area contributed by atoms with Gasteiger partial charge in [0, 0.05) is 30.7 Å². The fraction of sp³-hybridized carbons (Fsp3) is 0.294. The molecule has 0 spiro atoms. The largest absolute Gasteiger partial charge is 0.0884 e. The van der Waals surface area contributed by atoms with Crippen molar-refractivity contribution in [1.82, 2.24) is 0 Å². The summed E-state index contributed by atoms with van der Waals surface area (Å²) in [6.45, 7) is 0. The van der Waals surface area contributed by atoms with E-state index in [0.717, 1.165) is 12.8 Å². The topological polar surface area (TPSA) is 0 Å². The molecule has 6 atom stereocenters. The number of halogens is 3. The Morgan fingerprint density at radius 2 is 0.730 bits per heavy atom. The van der Waals surface area contributed by atoms with Crippen molar-refractivity contribution in [3.8, 4) is 0 Å². The van der Waals surface area contributed by atoms with Gasteiger partial charge < -0.3 is 0 Å². The van der Waals surface area contributed by atoms with Crippen LogP contribution < -0.4 is 0 Å². The molecule has 3 heteroatoms. The van der Waals surface area contributed by atoms with Crippen LogP contribution in [0.3, 0.4) is 0 Å². The minimum Gasteiger partial charge on any atom is -0.0884 e. The van der Waals surface area contributed by atoms with Crippen LogP contribution in [0.15, 0.2) is 121 Å². The third-order valence-electron chi connectivity index (χ3n) is 9.96. The molecule has 6 unspecified atom stereocenters. The van der Waals surface area contributed by atoms with E-state index >= 15 is 0 Å². The highest BCUT2D eigenvalue weighted by molar-refractivity contribution is 9.10. The summed E-state index contributed by atoms with van der Waals surface area (Å²) in [5.41, 5.74) is 5.12. The second kappa shape index (κ2) is 8.93. The van der Waals surface area contributed by atoms with Crippen LogP contribution in [0.1, 0.15) is 35.1 Å². The van der Waals surface area contributed by atoms with Gasteiger partial charge in [-0.1, -0.05) is 169 Å². The highest BCUT2D eigenvalue weighted by Gasteiger charge is 2.80. The third kappa shape index (κ3) is 2.95. The standard InChI is InChI=1S/C34H29Br3/c35-29-27-21-32(23-13-5-1-6-14-23)30(36)28(29)22-33(31(27)37,24-15-7-2-8-16-24)34(32,25-17-9-3-10-18-25)26-19-11-4-12-20-26/h1-20,27-31H,21-22H2. The van der Waals surface area contributed by atoms with Crippen molar-refractivity contribution in [2.24, 2.45) is 11.8 Å². The summed E-state index contributed by atoms with van der Waals surface area (Å²) in [5, 5.41) is 0. The summed E-state index contributed by atoms with van der Waals surface area (Å²) in [4.78, 5) is 1.11. The van der Waals surface area contributed by atoms with Gasteiger partial charge in [0.15, 0.2) is 0 Å². The molecule has 0 aromatic heterocycles. The van der Waals surface area contributed by atoms with Crippen molar-refractivity contribution >= 4 is 47.8 Å². The Morgan fingerprint density at radius 1 is 0.432 bits per heavy atom. The number of hydrogen-bond donors (Lipinski definition) is 0. The van der Waals surface area contributed by atoms with E-state index in [1.54, 1.807) is 0 Å². The Morgan fingerprint density at radius 3 is 1.05 bits per heavy atom. The highest BCUT2D eigenvalue weighted by atomic mass is 79.9. The van der Waals surface area contributed by atoms with Gasteiger partial charge in [-0.25, -0.2) is 0 Å². The SMILES string of the molecule is BrC1C2CC3(c4ccccc4)C(Br)C1CC(c1ccccc1)(C2Br)C3(c1ccccc1)c1ccccc1. The maximum atomic E-state index is 4.46. The van der Waals surface area contributed by atoms with Crippen molar-refractivity contribution in [2.75, 3.05) is 0 Å². The predicted molar refractivity (Wildman–Crippen MR) is 164 cm³/mol. The number of alkyl halides is 3. The first kappa shape index (κ1) is 24.4. The summed E-state index contributed by atoms with van der Waals surface area (Å²) >= 11 is 13.2. The predicted octanol–water partition coefficient (Wildman–Crippen LogP) is 9.19. The fourth-order valence-corrected chi connectivity index (χ4v) is 13.3.